The lowest BCUT2D eigenvalue weighted by Crippen LogP contribution is -2.30. The Kier molecular flexibility index (Phi) is 3.75. The van der Waals surface area contributed by atoms with Gasteiger partial charge in [0.25, 0.3) is 0 Å². The van der Waals surface area contributed by atoms with Crippen molar-refractivity contribution in [2.24, 2.45) is 0 Å². The van der Waals surface area contributed by atoms with E-state index >= 15 is 0 Å². The van der Waals surface area contributed by atoms with Crippen molar-refractivity contribution >= 4 is 5.91 Å². The van der Waals surface area contributed by atoms with Crippen molar-refractivity contribution in [1.29, 1.82) is 5.26 Å². The molecule has 0 radical (unpaired) electrons. The summed E-state index contributed by atoms with van der Waals surface area (Å²) in [7, 11) is 0. The highest BCUT2D eigenvalue weighted by Crippen LogP contribution is 1.80. The molecule has 0 rings (SSSR count). The predicted molar refractivity (Wildman–Crippen MR) is 36.7 cm³/mol. The van der Waals surface area contributed by atoms with Gasteiger partial charge in [0.15, 0.2) is 0 Å². The average Bonchev–Trinajstić information content (AvgIpc) is 1.88. The normalized spacial score (nSPS) is 10.7. The summed E-state index contributed by atoms with van der Waals surface area (Å²) in [6.45, 7) is 1.68. The molecule has 0 fully saturated rings. The number of hydrogen-bond acceptors (Lipinski definition) is 2. The molecule has 0 spiro atoms. The van der Waals surface area contributed by atoms with Gasteiger partial charge < -0.3 is 5.32 Å². The van der Waals surface area contributed by atoms with Crippen molar-refractivity contribution in [2.75, 3.05) is 0 Å². The zero-order valence-corrected chi connectivity index (χ0v) is 5.72. The summed E-state index contributed by atoms with van der Waals surface area (Å²) in [6, 6.07) is 1.43. The molecule has 0 saturated heterocycles. The van der Waals surface area contributed by atoms with Crippen LogP contribution in [0.3, 0.4) is 0 Å². The second kappa shape index (κ2) is 4.40. The Morgan fingerprint density at radius 2 is 2.50 bits per heavy atom. The van der Waals surface area contributed by atoms with E-state index in [0.717, 1.165) is 0 Å². The molecule has 3 heteroatoms. The monoisotopic (exact) mass is 136 g/mol. The van der Waals surface area contributed by atoms with Gasteiger partial charge in [-0.25, -0.2) is 0 Å². The maximum Gasteiger partial charge on any atom is 0.235 e. The molecule has 0 aliphatic heterocycles. The van der Waals surface area contributed by atoms with Gasteiger partial charge in [-0.1, -0.05) is 5.92 Å². The zero-order chi connectivity index (χ0) is 7.98. The summed E-state index contributed by atoms with van der Waals surface area (Å²) in [4.78, 5) is 10.6. The van der Waals surface area contributed by atoms with Gasteiger partial charge in [0, 0.05) is 0 Å². The van der Waals surface area contributed by atoms with Crippen molar-refractivity contribution in [3.05, 3.63) is 0 Å². The highest BCUT2D eigenvalue weighted by atomic mass is 16.1. The Bertz CT molecular complexity index is 197. The lowest BCUT2D eigenvalue weighted by atomic mass is 10.3. The zero-order valence-electron chi connectivity index (χ0n) is 5.72. The molecule has 0 bridgehead atoms. The molecule has 0 aromatic carbocycles. The van der Waals surface area contributed by atoms with Gasteiger partial charge in [-0.2, -0.15) is 5.26 Å². The van der Waals surface area contributed by atoms with E-state index in [0.29, 0.717) is 0 Å². The van der Waals surface area contributed by atoms with E-state index in [1.54, 1.807) is 13.0 Å². The lowest BCUT2D eigenvalue weighted by Gasteiger charge is -2.03. The van der Waals surface area contributed by atoms with Crippen molar-refractivity contribution in [2.45, 2.75) is 19.4 Å². The van der Waals surface area contributed by atoms with E-state index in [4.69, 9.17) is 11.7 Å². The van der Waals surface area contributed by atoms with Crippen LogP contribution in [-0.2, 0) is 4.79 Å². The van der Waals surface area contributed by atoms with E-state index in [1.807, 2.05) is 0 Å². The molecule has 0 heterocycles. The fraction of sp³-hybridized carbons (Fsp3) is 0.429. The third-order valence-electron chi connectivity index (χ3n) is 0.867. The summed E-state index contributed by atoms with van der Waals surface area (Å²) in [6.07, 6.45) is 4.84. The number of amides is 1. The minimum atomic E-state index is -0.326. The van der Waals surface area contributed by atoms with E-state index in [2.05, 4.69) is 11.2 Å². The Balaban J connectivity index is 3.63. The van der Waals surface area contributed by atoms with Gasteiger partial charge in [-0.05, 0) is 6.92 Å². The molecule has 0 saturated carbocycles. The first kappa shape index (κ1) is 8.52. The quantitative estimate of drug-likeness (QED) is 0.545. The van der Waals surface area contributed by atoms with Gasteiger partial charge in [0.05, 0.1) is 12.1 Å². The highest BCUT2D eigenvalue weighted by Gasteiger charge is 2.01. The fourth-order valence-corrected chi connectivity index (χ4v) is 0.406. The number of rotatable bonds is 2. The van der Waals surface area contributed by atoms with E-state index in [-0.39, 0.29) is 18.4 Å². The van der Waals surface area contributed by atoms with Crippen molar-refractivity contribution < 1.29 is 4.79 Å². The average molecular weight is 136 g/mol. The summed E-state index contributed by atoms with van der Waals surface area (Å²) < 4.78 is 0. The molecular weight excluding hydrogens is 128 g/mol. The third kappa shape index (κ3) is 3.51. The van der Waals surface area contributed by atoms with Crippen LogP contribution in [0, 0.1) is 23.7 Å². The summed E-state index contributed by atoms with van der Waals surface area (Å²) in [5, 5.41) is 10.5. The molecule has 0 aliphatic carbocycles. The Hall–Kier alpha value is -1.48. The Labute approximate surface area is 60.0 Å². The van der Waals surface area contributed by atoms with E-state index < -0.39 is 0 Å². The molecule has 1 amide bonds. The molecular formula is C7H8N2O. The van der Waals surface area contributed by atoms with Gasteiger partial charge in [0.2, 0.25) is 5.91 Å². The van der Waals surface area contributed by atoms with Crippen LogP contribution in [0.25, 0.3) is 0 Å². The first-order valence-corrected chi connectivity index (χ1v) is 2.83. The number of nitrogens with zero attached hydrogens (tertiary/aromatic N) is 1. The highest BCUT2D eigenvalue weighted by molar-refractivity contribution is 5.78. The molecule has 0 aromatic rings. The van der Waals surface area contributed by atoms with Crippen molar-refractivity contribution in [3.63, 3.8) is 0 Å². The maximum absolute atomic E-state index is 10.6. The molecule has 0 aliphatic rings. The molecule has 1 atom stereocenters. The van der Waals surface area contributed by atoms with Crippen molar-refractivity contribution in [3.8, 4) is 18.4 Å². The van der Waals surface area contributed by atoms with Crippen LogP contribution < -0.4 is 5.32 Å². The van der Waals surface area contributed by atoms with E-state index in [9.17, 15) is 4.79 Å². The van der Waals surface area contributed by atoms with Gasteiger partial charge in [-0.3, -0.25) is 4.79 Å². The fourth-order valence-electron chi connectivity index (χ4n) is 0.406. The second-order valence-corrected chi connectivity index (χ2v) is 1.79. The molecule has 1 unspecified atom stereocenters. The Morgan fingerprint density at radius 1 is 1.90 bits per heavy atom. The van der Waals surface area contributed by atoms with Crippen LogP contribution in [0.1, 0.15) is 13.3 Å². The molecule has 3 nitrogen and oxygen atoms in total. The van der Waals surface area contributed by atoms with Crippen LogP contribution in [0.4, 0.5) is 0 Å². The number of carbonyl (C=O) groups excluding carboxylic acids is 1. The van der Waals surface area contributed by atoms with Crippen LogP contribution in [0.5, 0.6) is 0 Å². The summed E-state index contributed by atoms with van der Waals surface area (Å²) in [5.41, 5.74) is 0. The number of hydrogen-bond donors (Lipinski definition) is 1. The molecule has 0 aromatic heterocycles. The SMILES string of the molecule is C#CC(C)NC(=O)CC#N. The van der Waals surface area contributed by atoms with Crippen molar-refractivity contribution in [1.82, 2.24) is 5.32 Å². The number of terminal acetylenes is 1. The van der Waals surface area contributed by atoms with Crippen LogP contribution >= 0.6 is 0 Å². The first-order chi connectivity index (χ1) is 4.70. The van der Waals surface area contributed by atoms with Crippen LogP contribution in [0.2, 0.25) is 0 Å². The molecule has 1 N–H and O–H groups in total. The number of nitrogens with one attached hydrogen (secondary N) is 1. The standard InChI is InChI=1S/C7H8N2O/c1-3-6(2)9-7(10)4-5-8/h1,6H,4H2,2H3,(H,9,10). The van der Waals surface area contributed by atoms with Gasteiger partial charge >= 0.3 is 0 Å². The largest absolute Gasteiger partial charge is 0.342 e. The maximum atomic E-state index is 10.6. The van der Waals surface area contributed by atoms with Crippen LogP contribution in [-0.4, -0.2) is 11.9 Å². The van der Waals surface area contributed by atoms with Crippen LogP contribution in [0.15, 0.2) is 0 Å². The smallest absolute Gasteiger partial charge is 0.235 e. The third-order valence-corrected chi connectivity index (χ3v) is 0.867. The second-order valence-electron chi connectivity index (χ2n) is 1.79. The van der Waals surface area contributed by atoms with Gasteiger partial charge in [-0.15, -0.1) is 6.42 Å². The topological polar surface area (TPSA) is 52.9 Å². The minimum absolute atomic E-state index is 0.133. The lowest BCUT2D eigenvalue weighted by molar-refractivity contribution is -0.120. The van der Waals surface area contributed by atoms with E-state index in [1.165, 1.54) is 0 Å². The summed E-state index contributed by atoms with van der Waals surface area (Å²) in [5.74, 6) is 1.99. The number of nitriles is 1. The molecule has 10 heavy (non-hydrogen) atoms. The predicted octanol–water partition coefficient (Wildman–Crippen LogP) is 0.0380. The molecule has 52 valence electrons. The minimum Gasteiger partial charge on any atom is -0.342 e. The first-order valence-electron chi connectivity index (χ1n) is 2.83. The van der Waals surface area contributed by atoms with Gasteiger partial charge in [0.1, 0.15) is 6.42 Å². The Morgan fingerprint density at radius 3 is 2.90 bits per heavy atom. The summed E-state index contributed by atoms with van der Waals surface area (Å²) >= 11 is 0. The number of carbonyl (C=O) groups is 1.